The van der Waals surface area contributed by atoms with Gasteiger partial charge in [0.25, 0.3) is 6.04 Å². The molecule has 1 atom stereocenters. The van der Waals surface area contributed by atoms with Gasteiger partial charge in [-0.1, -0.05) is 0 Å². The minimum absolute atomic E-state index is 0.242. The van der Waals surface area contributed by atoms with Gasteiger partial charge >= 0.3 is 0 Å². The first kappa shape index (κ1) is 8.52. The number of nitro groups is 1. The lowest BCUT2D eigenvalue weighted by molar-refractivity contribution is -0.503. The van der Waals surface area contributed by atoms with Gasteiger partial charge in [-0.2, -0.15) is 0 Å². The van der Waals surface area contributed by atoms with Gasteiger partial charge in [0.2, 0.25) is 0 Å². The summed E-state index contributed by atoms with van der Waals surface area (Å²) in [7, 11) is 0. The minimum Gasteiger partial charge on any atom is -0.276 e. The van der Waals surface area contributed by atoms with Gasteiger partial charge in [-0.15, -0.1) is 11.8 Å². The van der Waals surface area contributed by atoms with Crippen LogP contribution in [0.25, 0.3) is 0 Å². The highest BCUT2D eigenvalue weighted by molar-refractivity contribution is 8.13. The van der Waals surface area contributed by atoms with Crippen LogP contribution in [0.3, 0.4) is 0 Å². The van der Waals surface area contributed by atoms with Crippen LogP contribution in [0.1, 0.15) is 12.8 Å². The minimum atomic E-state index is -0.529. The third-order valence-electron chi connectivity index (χ3n) is 1.65. The number of nitrogens with zero attached hydrogens (tertiary/aromatic N) is 2. The highest BCUT2D eigenvalue weighted by Crippen LogP contribution is 2.16. The van der Waals surface area contributed by atoms with Crippen LogP contribution in [0.15, 0.2) is 4.99 Å². The van der Waals surface area contributed by atoms with Crippen molar-refractivity contribution in [3.8, 4) is 0 Å². The molecule has 62 valence electrons. The summed E-state index contributed by atoms with van der Waals surface area (Å²) >= 11 is 1.39. The fourth-order valence-electron chi connectivity index (χ4n) is 1.10. The Labute approximate surface area is 69.2 Å². The molecule has 5 heteroatoms. The van der Waals surface area contributed by atoms with E-state index in [-0.39, 0.29) is 4.92 Å². The quantitative estimate of drug-likeness (QED) is 0.443. The number of aliphatic imine (C=N–C) groups is 1. The molecule has 11 heavy (non-hydrogen) atoms. The molecule has 1 unspecified atom stereocenters. The molecular formula is C6H10N2O2S. The van der Waals surface area contributed by atoms with Crippen molar-refractivity contribution in [1.29, 1.82) is 0 Å². The topological polar surface area (TPSA) is 55.5 Å². The van der Waals surface area contributed by atoms with Gasteiger partial charge in [0.1, 0.15) is 5.04 Å². The predicted molar refractivity (Wildman–Crippen MR) is 45.8 cm³/mol. The summed E-state index contributed by atoms with van der Waals surface area (Å²) in [4.78, 5) is 14.3. The second-order valence-electron chi connectivity index (χ2n) is 2.37. The molecule has 4 nitrogen and oxygen atoms in total. The van der Waals surface area contributed by atoms with E-state index in [9.17, 15) is 10.1 Å². The summed E-state index contributed by atoms with van der Waals surface area (Å²) in [6.07, 6.45) is 3.32. The number of hydrogen-bond donors (Lipinski definition) is 0. The molecule has 0 aromatic rings. The molecule has 1 heterocycles. The zero-order chi connectivity index (χ0) is 8.27. The Morgan fingerprint density at radius 3 is 3.00 bits per heavy atom. The van der Waals surface area contributed by atoms with Crippen molar-refractivity contribution in [1.82, 2.24) is 0 Å². The van der Waals surface area contributed by atoms with Gasteiger partial charge in [-0.25, -0.2) is 0 Å². The van der Waals surface area contributed by atoms with Gasteiger partial charge in [0.05, 0.1) is 0 Å². The van der Waals surface area contributed by atoms with Crippen LogP contribution in [0.4, 0.5) is 0 Å². The molecule has 1 aliphatic rings. The smallest absolute Gasteiger partial charge is 0.260 e. The Morgan fingerprint density at radius 1 is 1.82 bits per heavy atom. The summed E-state index contributed by atoms with van der Waals surface area (Å²) < 4.78 is 0. The van der Waals surface area contributed by atoms with Crippen molar-refractivity contribution in [3.05, 3.63) is 10.1 Å². The first-order valence-electron chi connectivity index (χ1n) is 3.47. The van der Waals surface area contributed by atoms with Crippen molar-refractivity contribution in [3.63, 3.8) is 0 Å². The van der Waals surface area contributed by atoms with Crippen molar-refractivity contribution in [2.75, 3.05) is 12.8 Å². The van der Waals surface area contributed by atoms with E-state index in [2.05, 4.69) is 4.99 Å². The molecule has 0 bridgehead atoms. The molecule has 0 fully saturated rings. The largest absolute Gasteiger partial charge is 0.276 e. The second kappa shape index (κ2) is 3.71. The second-order valence-corrected chi connectivity index (χ2v) is 3.19. The average Bonchev–Trinajstić information content (AvgIpc) is 2.04. The lowest BCUT2D eigenvalue weighted by Crippen LogP contribution is -2.30. The van der Waals surface area contributed by atoms with E-state index in [0.717, 1.165) is 13.0 Å². The fourth-order valence-corrected chi connectivity index (χ4v) is 1.80. The summed E-state index contributed by atoms with van der Waals surface area (Å²) in [6.45, 7) is 0.751. The summed E-state index contributed by atoms with van der Waals surface area (Å²) in [6, 6.07) is -0.529. The molecular weight excluding hydrogens is 164 g/mol. The van der Waals surface area contributed by atoms with Gasteiger partial charge in [-0.3, -0.25) is 15.1 Å². The fraction of sp³-hybridized carbons (Fsp3) is 0.833. The molecule has 0 saturated heterocycles. The molecule has 0 aromatic carbocycles. The van der Waals surface area contributed by atoms with Crippen molar-refractivity contribution < 1.29 is 4.92 Å². The van der Waals surface area contributed by atoms with Crippen LogP contribution in [0, 0.1) is 10.1 Å². The van der Waals surface area contributed by atoms with Crippen molar-refractivity contribution in [2.24, 2.45) is 4.99 Å². The molecule has 0 amide bonds. The zero-order valence-electron chi connectivity index (χ0n) is 6.32. The first-order valence-corrected chi connectivity index (χ1v) is 4.70. The number of thioether (sulfide) groups is 1. The summed E-state index contributed by atoms with van der Waals surface area (Å²) in [5.41, 5.74) is 0. The van der Waals surface area contributed by atoms with E-state index in [4.69, 9.17) is 0 Å². The Balaban J connectivity index is 2.69. The normalized spacial score (nSPS) is 24.5. The number of rotatable bonds is 1. The van der Waals surface area contributed by atoms with Crippen LogP contribution >= 0.6 is 11.8 Å². The standard InChI is InChI=1S/C6H10N2O2S/c1-11-6-5(8(9)10)3-2-4-7-6/h5H,2-4H2,1H3. The molecule has 0 N–H and O–H groups in total. The molecule has 0 radical (unpaired) electrons. The highest BCUT2D eigenvalue weighted by Gasteiger charge is 2.28. The molecule has 0 saturated carbocycles. The van der Waals surface area contributed by atoms with Gasteiger partial charge in [0.15, 0.2) is 0 Å². The SMILES string of the molecule is CSC1=NCCCC1[N+](=O)[O-]. The van der Waals surface area contributed by atoms with Gasteiger partial charge in [0, 0.05) is 17.9 Å². The summed E-state index contributed by atoms with van der Waals surface area (Å²) in [5.74, 6) is 0. The average molecular weight is 174 g/mol. The Hall–Kier alpha value is -0.580. The molecule has 0 spiro atoms. The highest BCUT2D eigenvalue weighted by atomic mass is 32.2. The Morgan fingerprint density at radius 2 is 2.55 bits per heavy atom. The van der Waals surface area contributed by atoms with Crippen molar-refractivity contribution >= 4 is 16.8 Å². The van der Waals surface area contributed by atoms with Crippen LogP contribution in [-0.2, 0) is 0 Å². The lowest BCUT2D eigenvalue weighted by Gasteiger charge is -2.13. The van der Waals surface area contributed by atoms with E-state index in [1.54, 1.807) is 0 Å². The first-order chi connectivity index (χ1) is 5.25. The van der Waals surface area contributed by atoms with E-state index in [0.29, 0.717) is 11.5 Å². The van der Waals surface area contributed by atoms with E-state index in [1.165, 1.54) is 11.8 Å². The summed E-state index contributed by atoms with van der Waals surface area (Å²) in [5, 5.41) is 11.1. The number of hydrogen-bond acceptors (Lipinski definition) is 4. The van der Waals surface area contributed by atoms with Gasteiger partial charge < -0.3 is 0 Å². The maximum absolute atomic E-state index is 10.4. The van der Waals surface area contributed by atoms with E-state index < -0.39 is 6.04 Å². The third-order valence-corrected chi connectivity index (χ3v) is 2.47. The van der Waals surface area contributed by atoms with Gasteiger partial charge in [-0.05, 0) is 12.7 Å². The van der Waals surface area contributed by atoms with Crippen LogP contribution < -0.4 is 0 Å². The zero-order valence-corrected chi connectivity index (χ0v) is 7.13. The van der Waals surface area contributed by atoms with Crippen LogP contribution in [0.2, 0.25) is 0 Å². The van der Waals surface area contributed by atoms with E-state index in [1.807, 2.05) is 6.26 Å². The predicted octanol–water partition coefficient (Wildman–Crippen LogP) is 1.19. The maximum atomic E-state index is 10.4. The van der Waals surface area contributed by atoms with Crippen LogP contribution in [-0.4, -0.2) is 28.8 Å². The van der Waals surface area contributed by atoms with Crippen molar-refractivity contribution in [2.45, 2.75) is 18.9 Å². The third kappa shape index (κ3) is 1.92. The molecule has 1 aliphatic heterocycles. The molecule has 0 aliphatic carbocycles. The Bertz CT molecular complexity index is 193. The molecule has 1 rings (SSSR count). The van der Waals surface area contributed by atoms with Crippen LogP contribution in [0.5, 0.6) is 0 Å². The Kier molecular flexibility index (Phi) is 2.87. The maximum Gasteiger partial charge on any atom is 0.260 e. The van der Waals surface area contributed by atoms with E-state index >= 15 is 0 Å². The monoisotopic (exact) mass is 174 g/mol. The lowest BCUT2D eigenvalue weighted by atomic mass is 10.1. The molecule has 0 aromatic heterocycles.